The van der Waals surface area contributed by atoms with E-state index in [0.29, 0.717) is 12.2 Å². The molecule has 0 spiro atoms. The van der Waals surface area contributed by atoms with Crippen molar-refractivity contribution in [2.45, 2.75) is 6.54 Å². The van der Waals surface area contributed by atoms with Crippen LogP contribution in [-0.4, -0.2) is 0 Å². The van der Waals surface area contributed by atoms with Crippen LogP contribution in [0.25, 0.3) is 10.4 Å². The zero-order chi connectivity index (χ0) is 11.9. The summed E-state index contributed by atoms with van der Waals surface area (Å²) in [5, 5.41) is 6.89. The predicted molar refractivity (Wildman–Crippen MR) is 69.0 cm³/mol. The van der Waals surface area contributed by atoms with Crippen molar-refractivity contribution in [1.29, 1.82) is 0 Å². The van der Waals surface area contributed by atoms with E-state index >= 15 is 0 Å². The van der Waals surface area contributed by atoms with Crippen LogP contribution in [0.15, 0.2) is 59.7 Å². The van der Waals surface area contributed by atoms with Gasteiger partial charge in [0.25, 0.3) is 0 Å². The molecule has 84 valence electrons. The minimum Gasteiger partial charge on any atom is -0.381 e. The predicted octanol–water partition coefficient (Wildman–Crippen LogP) is 4.24. The minimum atomic E-state index is 0.617. The smallest absolute Gasteiger partial charge is 0.0607 e. The molecule has 1 N–H and O–H groups in total. The van der Waals surface area contributed by atoms with Gasteiger partial charge in [0.05, 0.1) is 5.69 Å². The Kier molecular flexibility index (Phi) is 3.63. The number of hydrogen-bond donors (Lipinski definition) is 1. The van der Waals surface area contributed by atoms with Gasteiger partial charge in [0.1, 0.15) is 0 Å². The van der Waals surface area contributed by atoms with E-state index in [4.69, 9.17) is 5.53 Å². The van der Waals surface area contributed by atoms with E-state index in [-0.39, 0.29) is 0 Å². The summed E-state index contributed by atoms with van der Waals surface area (Å²) in [6, 6.07) is 17.5. The SMILES string of the molecule is [N-]=[N+]=Nc1ccccc1NCc1ccccc1. The molecular formula is C13H12N4. The lowest BCUT2D eigenvalue weighted by Crippen LogP contribution is -1.98. The molecular weight excluding hydrogens is 212 g/mol. The average Bonchev–Trinajstić information content (AvgIpc) is 2.39. The van der Waals surface area contributed by atoms with Crippen LogP contribution in [0.3, 0.4) is 0 Å². The fourth-order valence-electron chi connectivity index (χ4n) is 1.55. The molecule has 0 saturated carbocycles. The molecule has 2 aromatic carbocycles. The molecule has 4 heteroatoms. The highest BCUT2D eigenvalue weighted by atomic mass is 15.1. The van der Waals surface area contributed by atoms with Gasteiger partial charge in [-0.1, -0.05) is 53.6 Å². The second kappa shape index (κ2) is 5.58. The van der Waals surface area contributed by atoms with Crippen molar-refractivity contribution in [3.8, 4) is 0 Å². The maximum atomic E-state index is 8.46. The van der Waals surface area contributed by atoms with Crippen molar-refractivity contribution in [3.63, 3.8) is 0 Å². The van der Waals surface area contributed by atoms with Gasteiger partial charge < -0.3 is 5.32 Å². The number of nitrogens with one attached hydrogen (secondary N) is 1. The number of rotatable bonds is 4. The molecule has 17 heavy (non-hydrogen) atoms. The van der Waals surface area contributed by atoms with Crippen LogP contribution in [0.1, 0.15) is 5.56 Å². The maximum Gasteiger partial charge on any atom is 0.0607 e. The summed E-state index contributed by atoms with van der Waals surface area (Å²) in [7, 11) is 0. The van der Waals surface area contributed by atoms with Crippen LogP contribution in [-0.2, 0) is 6.54 Å². The van der Waals surface area contributed by atoms with E-state index in [0.717, 1.165) is 5.69 Å². The Balaban J connectivity index is 2.11. The molecule has 0 radical (unpaired) electrons. The van der Waals surface area contributed by atoms with Gasteiger partial charge in [-0.3, -0.25) is 0 Å². The summed E-state index contributed by atoms with van der Waals surface area (Å²) in [5.74, 6) is 0. The van der Waals surface area contributed by atoms with Gasteiger partial charge in [-0.05, 0) is 17.2 Å². The lowest BCUT2D eigenvalue weighted by Gasteiger charge is -2.08. The normalized spacial score (nSPS) is 9.41. The number of benzene rings is 2. The van der Waals surface area contributed by atoms with E-state index < -0.39 is 0 Å². The number of nitrogens with zero attached hydrogens (tertiary/aromatic N) is 3. The van der Waals surface area contributed by atoms with Crippen molar-refractivity contribution >= 4 is 11.4 Å². The van der Waals surface area contributed by atoms with Crippen molar-refractivity contribution in [3.05, 3.63) is 70.6 Å². The number of anilines is 1. The first kappa shape index (κ1) is 11.0. The molecule has 0 fully saturated rings. The van der Waals surface area contributed by atoms with E-state index in [1.165, 1.54) is 5.56 Å². The molecule has 2 aromatic rings. The third kappa shape index (κ3) is 3.00. The fraction of sp³-hybridized carbons (Fsp3) is 0.0769. The highest BCUT2D eigenvalue weighted by Crippen LogP contribution is 2.24. The molecule has 2 rings (SSSR count). The van der Waals surface area contributed by atoms with Crippen LogP contribution in [0.5, 0.6) is 0 Å². The fourth-order valence-corrected chi connectivity index (χ4v) is 1.55. The standard InChI is InChI=1S/C13H12N4/c14-17-16-13-9-5-4-8-12(13)15-10-11-6-2-1-3-7-11/h1-9,15H,10H2. The first-order valence-corrected chi connectivity index (χ1v) is 5.32. The zero-order valence-corrected chi connectivity index (χ0v) is 9.24. The summed E-state index contributed by atoms with van der Waals surface area (Å²) < 4.78 is 0. The summed E-state index contributed by atoms with van der Waals surface area (Å²) in [6.07, 6.45) is 0. The molecule has 0 saturated heterocycles. The number of azide groups is 1. The minimum absolute atomic E-state index is 0.617. The quantitative estimate of drug-likeness (QED) is 0.471. The third-order valence-electron chi connectivity index (χ3n) is 2.38. The zero-order valence-electron chi connectivity index (χ0n) is 9.24. The van der Waals surface area contributed by atoms with Crippen molar-refractivity contribution in [2.75, 3.05) is 5.32 Å². The molecule has 0 aromatic heterocycles. The molecule has 0 aliphatic rings. The molecule has 0 amide bonds. The Labute approximate surface area is 99.5 Å². The lowest BCUT2D eigenvalue weighted by molar-refractivity contribution is 1.15. The molecule has 0 unspecified atom stereocenters. The molecule has 4 nitrogen and oxygen atoms in total. The number of para-hydroxylation sites is 1. The second-order valence-electron chi connectivity index (χ2n) is 3.55. The largest absolute Gasteiger partial charge is 0.381 e. The monoisotopic (exact) mass is 224 g/mol. The Morgan fingerprint density at radius 3 is 2.47 bits per heavy atom. The van der Waals surface area contributed by atoms with Gasteiger partial charge in [-0.2, -0.15) is 0 Å². The first-order valence-electron chi connectivity index (χ1n) is 5.32. The second-order valence-corrected chi connectivity index (χ2v) is 3.55. The first-order chi connectivity index (χ1) is 8.40. The summed E-state index contributed by atoms with van der Waals surface area (Å²) in [5.41, 5.74) is 11.1. The lowest BCUT2D eigenvalue weighted by atomic mass is 10.2. The Morgan fingerprint density at radius 2 is 1.71 bits per heavy atom. The van der Waals surface area contributed by atoms with Crippen LogP contribution < -0.4 is 5.32 Å². The van der Waals surface area contributed by atoms with Gasteiger partial charge in [-0.15, -0.1) is 0 Å². The van der Waals surface area contributed by atoms with Gasteiger partial charge in [0.2, 0.25) is 0 Å². The van der Waals surface area contributed by atoms with E-state index in [1.807, 2.05) is 48.5 Å². The summed E-state index contributed by atoms with van der Waals surface area (Å²) >= 11 is 0. The summed E-state index contributed by atoms with van der Waals surface area (Å²) in [4.78, 5) is 2.81. The summed E-state index contributed by atoms with van der Waals surface area (Å²) in [6.45, 7) is 0.707. The van der Waals surface area contributed by atoms with Crippen LogP contribution in [0.4, 0.5) is 11.4 Å². The van der Waals surface area contributed by atoms with Crippen LogP contribution >= 0.6 is 0 Å². The van der Waals surface area contributed by atoms with E-state index in [9.17, 15) is 0 Å². The molecule has 0 aliphatic heterocycles. The molecule has 0 bridgehead atoms. The van der Waals surface area contributed by atoms with Gasteiger partial charge >= 0.3 is 0 Å². The topological polar surface area (TPSA) is 60.8 Å². The third-order valence-corrected chi connectivity index (χ3v) is 2.38. The molecule has 0 aliphatic carbocycles. The van der Waals surface area contributed by atoms with Crippen LogP contribution in [0.2, 0.25) is 0 Å². The van der Waals surface area contributed by atoms with E-state index in [1.54, 1.807) is 6.07 Å². The highest BCUT2D eigenvalue weighted by Gasteiger charge is 1.98. The molecule has 0 atom stereocenters. The Morgan fingerprint density at radius 1 is 1.00 bits per heavy atom. The van der Waals surface area contributed by atoms with Crippen molar-refractivity contribution < 1.29 is 0 Å². The van der Waals surface area contributed by atoms with Gasteiger partial charge in [-0.25, -0.2) is 0 Å². The Hall–Kier alpha value is -2.45. The van der Waals surface area contributed by atoms with Crippen molar-refractivity contribution in [1.82, 2.24) is 0 Å². The van der Waals surface area contributed by atoms with Crippen LogP contribution in [0, 0.1) is 0 Å². The average molecular weight is 224 g/mol. The Bertz CT molecular complexity index is 530. The van der Waals surface area contributed by atoms with Gasteiger partial charge in [0.15, 0.2) is 0 Å². The van der Waals surface area contributed by atoms with Gasteiger partial charge in [0, 0.05) is 17.1 Å². The highest BCUT2D eigenvalue weighted by molar-refractivity contribution is 5.65. The number of hydrogen-bond acceptors (Lipinski definition) is 2. The van der Waals surface area contributed by atoms with Crippen molar-refractivity contribution in [2.24, 2.45) is 5.11 Å². The van der Waals surface area contributed by atoms with E-state index in [2.05, 4.69) is 15.3 Å². The molecule has 0 heterocycles. The maximum absolute atomic E-state index is 8.46.